The minimum atomic E-state index is -0.193. The first-order valence-corrected chi connectivity index (χ1v) is 8.31. The number of ether oxygens (including phenoxy) is 2. The minimum Gasteiger partial charge on any atom is -0.479 e. The first-order chi connectivity index (χ1) is 12.2. The van der Waals surface area contributed by atoms with E-state index in [2.05, 4.69) is 23.9 Å². The van der Waals surface area contributed by atoms with Crippen LogP contribution in [0.2, 0.25) is 0 Å². The fourth-order valence-electron chi connectivity index (χ4n) is 3.16. The van der Waals surface area contributed by atoms with Gasteiger partial charge in [0.15, 0.2) is 0 Å². The molecule has 0 unspecified atom stereocenters. The number of hydrogen-bond donors (Lipinski definition) is 0. The molecule has 1 fully saturated rings. The Labute approximate surface area is 147 Å². The smallest absolute Gasteiger partial charge is 0.292 e. The molecule has 2 atom stereocenters. The minimum absolute atomic E-state index is 0.0352. The summed E-state index contributed by atoms with van der Waals surface area (Å²) in [5.74, 6) is 0.280. The molecule has 0 saturated carbocycles. The Hall–Kier alpha value is -2.60. The van der Waals surface area contributed by atoms with Crippen molar-refractivity contribution in [1.82, 2.24) is 10.1 Å². The van der Waals surface area contributed by atoms with E-state index in [4.69, 9.17) is 14.0 Å². The van der Waals surface area contributed by atoms with Crippen LogP contribution in [-0.2, 0) is 11.2 Å². The molecule has 1 saturated heterocycles. The average Bonchev–Trinajstić information content (AvgIpc) is 3.27. The lowest BCUT2D eigenvalue weighted by atomic mass is 10.0. The Balaban J connectivity index is 1.80. The lowest BCUT2D eigenvalue weighted by Gasteiger charge is -2.27. The van der Waals surface area contributed by atoms with Crippen LogP contribution in [0.25, 0.3) is 0 Å². The van der Waals surface area contributed by atoms with Crippen molar-refractivity contribution >= 4 is 5.91 Å². The summed E-state index contributed by atoms with van der Waals surface area (Å²) in [4.78, 5) is 14.7. The molecule has 2 aromatic rings. The predicted molar refractivity (Wildman–Crippen MR) is 92.6 cm³/mol. The van der Waals surface area contributed by atoms with Crippen molar-refractivity contribution in [2.45, 2.75) is 25.0 Å². The van der Waals surface area contributed by atoms with E-state index >= 15 is 0 Å². The second-order valence-corrected chi connectivity index (χ2v) is 5.94. The zero-order valence-electron chi connectivity index (χ0n) is 14.3. The third-order valence-electron chi connectivity index (χ3n) is 4.37. The molecule has 1 aliphatic heterocycles. The third kappa shape index (κ3) is 3.91. The van der Waals surface area contributed by atoms with Crippen molar-refractivity contribution in [3.63, 3.8) is 0 Å². The van der Waals surface area contributed by atoms with Crippen molar-refractivity contribution in [3.8, 4) is 5.88 Å². The topological polar surface area (TPSA) is 64.8 Å². The molecule has 1 aliphatic rings. The summed E-state index contributed by atoms with van der Waals surface area (Å²) in [6, 6.07) is 11.5. The summed E-state index contributed by atoms with van der Waals surface area (Å²) in [5, 5.41) is 3.72. The van der Waals surface area contributed by atoms with Crippen molar-refractivity contribution in [2.24, 2.45) is 0 Å². The molecule has 132 valence electrons. The van der Waals surface area contributed by atoms with Gasteiger partial charge in [0, 0.05) is 6.54 Å². The SMILES string of the molecule is C=CCO[C@H]1CCN(C(=O)c2cc(OC)no2)[C@H]1Cc1ccccc1. The molecular weight excluding hydrogens is 320 g/mol. The Morgan fingerprint density at radius 2 is 2.24 bits per heavy atom. The van der Waals surface area contributed by atoms with Gasteiger partial charge in [-0.15, -0.1) is 6.58 Å². The Bertz CT molecular complexity index is 713. The normalized spacial score (nSPS) is 19.8. The van der Waals surface area contributed by atoms with Gasteiger partial charge in [-0.1, -0.05) is 36.4 Å². The van der Waals surface area contributed by atoms with Crippen LogP contribution in [0.1, 0.15) is 22.5 Å². The number of hydrogen-bond acceptors (Lipinski definition) is 5. The standard InChI is InChI=1S/C19H22N2O4/c1-3-11-24-16-9-10-21(15(16)12-14-7-5-4-6-8-14)19(22)17-13-18(23-2)20-25-17/h3-8,13,15-16H,1,9-12H2,2H3/t15-,16-/m0/s1. The highest BCUT2D eigenvalue weighted by Gasteiger charge is 2.39. The Kier molecular flexibility index (Phi) is 5.50. The molecule has 0 N–H and O–H groups in total. The van der Waals surface area contributed by atoms with E-state index in [9.17, 15) is 4.79 Å². The van der Waals surface area contributed by atoms with Gasteiger partial charge in [0.25, 0.3) is 11.8 Å². The van der Waals surface area contributed by atoms with Crippen LogP contribution in [-0.4, -0.2) is 48.4 Å². The van der Waals surface area contributed by atoms with Gasteiger partial charge in [0.1, 0.15) is 0 Å². The van der Waals surface area contributed by atoms with E-state index in [0.717, 1.165) is 18.4 Å². The number of methoxy groups -OCH3 is 1. The van der Waals surface area contributed by atoms with Gasteiger partial charge in [-0.2, -0.15) is 0 Å². The zero-order valence-corrected chi connectivity index (χ0v) is 14.3. The molecular formula is C19H22N2O4. The Morgan fingerprint density at radius 1 is 1.44 bits per heavy atom. The van der Waals surface area contributed by atoms with Crippen LogP contribution in [0, 0.1) is 0 Å². The highest BCUT2D eigenvalue weighted by atomic mass is 16.5. The van der Waals surface area contributed by atoms with E-state index in [1.165, 1.54) is 13.2 Å². The number of carbonyl (C=O) groups is 1. The summed E-state index contributed by atoms with van der Waals surface area (Å²) in [5.41, 5.74) is 1.16. The van der Waals surface area contributed by atoms with Crippen LogP contribution in [0.3, 0.4) is 0 Å². The zero-order chi connectivity index (χ0) is 17.6. The van der Waals surface area contributed by atoms with Crippen LogP contribution in [0.5, 0.6) is 5.88 Å². The summed E-state index contributed by atoms with van der Waals surface area (Å²) in [6.07, 6.45) is 3.19. The molecule has 0 aliphatic carbocycles. The monoisotopic (exact) mass is 342 g/mol. The molecule has 1 aromatic heterocycles. The number of amides is 1. The highest BCUT2D eigenvalue weighted by molar-refractivity contribution is 5.92. The summed E-state index contributed by atoms with van der Waals surface area (Å²) >= 11 is 0. The maximum atomic E-state index is 12.9. The summed E-state index contributed by atoms with van der Waals surface area (Å²) < 4.78 is 16.0. The number of aromatic nitrogens is 1. The molecule has 3 rings (SSSR count). The number of nitrogens with zero attached hydrogens (tertiary/aromatic N) is 2. The number of rotatable bonds is 7. The summed E-state index contributed by atoms with van der Waals surface area (Å²) in [7, 11) is 1.49. The van der Waals surface area contributed by atoms with E-state index in [-0.39, 0.29) is 23.8 Å². The molecule has 1 aromatic carbocycles. The van der Waals surface area contributed by atoms with Crippen LogP contribution in [0.4, 0.5) is 0 Å². The van der Waals surface area contributed by atoms with Crippen molar-refractivity contribution < 1.29 is 18.8 Å². The van der Waals surface area contributed by atoms with Gasteiger partial charge in [0.05, 0.1) is 31.9 Å². The molecule has 6 nitrogen and oxygen atoms in total. The van der Waals surface area contributed by atoms with Gasteiger partial charge in [-0.25, -0.2) is 0 Å². The van der Waals surface area contributed by atoms with Crippen LogP contribution in [0.15, 0.2) is 53.6 Å². The molecule has 0 radical (unpaired) electrons. The first kappa shape index (κ1) is 17.2. The lowest BCUT2D eigenvalue weighted by molar-refractivity contribution is 0.0362. The summed E-state index contributed by atoms with van der Waals surface area (Å²) in [6.45, 7) is 4.78. The maximum Gasteiger partial charge on any atom is 0.292 e. The van der Waals surface area contributed by atoms with Crippen LogP contribution >= 0.6 is 0 Å². The fourth-order valence-corrected chi connectivity index (χ4v) is 3.16. The van der Waals surface area contributed by atoms with Gasteiger partial charge in [-0.3, -0.25) is 4.79 Å². The quantitative estimate of drug-likeness (QED) is 0.724. The maximum absolute atomic E-state index is 12.9. The largest absolute Gasteiger partial charge is 0.479 e. The fraction of sp³-hybridized carbons (Fsp3) is 0.368. The highest BCUT2D eigenvalue weighted by Crippen LogP contribution is 2.27. The van der Waals surface area contributed by atoms with Gasteiger partial charge >= 0.3 is 0 Å². The lowest BCUT2D eigenvalue weighted by Crippen LogP contribution is -2.41. The average molecular weight is 342 g/mol. The predicted octanol–water partition coefficient (Wildman–Crippen LogP) is 2.71. The second-order valence-electron chi connectivity index (χ2n) is 5.94. The van der Waals surface area contributed by atoms with E-state index in [0.29, 0.717) is 19.0 Å². The molecule has 6 heteroatoms. The van der Waals surface area contributed by atoms with Gasteiger partial charge in [0.2, 0.25) is 5.76 Å². The number of benzene rings is 1. The number of likely N-dealkylation sites (tertiary alicyclic amines) is 1. The molecule has 0 bridgehead atoms. The van der Waals surface area contributed by atoms with Crippen LogP contribution < -0.4 is 4.74 Å². The van der Waals surface area contributed by atoms with E-state index < -0.39 is 0 Å². The van der Waals surface area contributed by atoms with Gasteiger partial charge in [-0.05, 0) is 23.6 Å². The van der Waals surface area contributed by atoms with Crippen molar-refractivity contribution in [3.05, 3.63) is 60.4 Å². The molecule has 0 spiro atoms. The van der Waals surface area contributed by atoms with Crippen molar-refractivity contribution in [1.29, 1.82) is 0 Å². The first-order valence-electron chi connectivity index (χ1n) is 8.31. The van der Waals surface area contributed by atoms with Crippen molar-refractivity contribution in [2.75, 3.05) is 20.3 Å². The molecule has 25 heavy (non-hydrogen) atoms. The molecule has 2 heterocycles. The Morgan fingerprint density at radius 3 is 2.92 bits per heavy atom. The van der Waals surface area contributed by atoms with E-state index in [1.54, 1.807) is 11.0 Å². The van der Waals surface area contributed by atoms with Gasteiger partial charge < -0.3 is 18.9 Å². The second kappa shape index (κ2) is 7.98. The third-order valence-corrected chi connectivity index (χ3v) is 4.37. The van der Waals surface area contributed by atoms with E-state index in [1.807, 2.05) is 18.2 Å². The number of carbonyl (C=O) groups excluding carboxylic acids is 1. The molecule has 1 amide bonds.